The maximum atomic E-state index is 12.0. The third-order valence-corrected chi connectivity index (χ3v) is 4.42. The maximum Gasteiger partial charge on any atom is 0.330 e. The summed E-state index contributed by atoms with van der Waals surface area (Å²) in [6.07, 6.45) is 14.4. The monoisotopic (exact) mass is 410 g/mol. The molecule has 0 spiro atoms. The molecule has 3 N–H and O–H groups in total. The van der Waals surface area contributed by atoms with Crippen LogP contribution in [0.3, 0.4) is 0 Å². The Bertz CT molecular complexity index is 574. The number of rotatable bonds is 14. The van der Waals surface area contributed by atoms with E-state index in [-0.39, 0.29) is 24.3 Å². The number of unbranched alkanes of at least 4 members (excludes halogenated alkanes) is 8. The number of ether oxygens (including phenoxy) is 1. The topological polar surface area (TPSA) is 81.4 Å². The second-order valence-electron chi connectivity index (χ2n) is 6.75. The van der Waals surface area contributed by atoms with Crippen LogP contribution in [0.4, 0.5) is 5.69 Å². The first-order valence-electron chi connectivity index (χ1n) is 10.0. The van der Waals surface area contributed by atoms with Gasteiger partial charge in [0.15, 0.2) is 0 Å². The summed E-state index contributed by atoms with van der Waals surface area (Å²) in [5.41, 5.74) is 7.13. The Morgan fingerprint density at radius 2 is 1.46 bits per heavy atom. The van der Waals surface area contributed by atoms with Crippen molar-refractivity contribution < 1.29 is 14.3 Å². The van der Waals surface area contributed by atoms with Crippen molar-refractivity contribution in [1.82, 2.24) is 0 Å². The lowest BCUT2D eigenvalue weighted by Crippen LogP contribution is -2.10. The number of carbonyl (C=O) groups is 2. The van der Waals surface area contributed by atoms with Gasteiger partial charge in [-0.3, -0.25) is 4.79 Å². The smallest absolute Gasteiger partial charge is 0.330 e. The van der Waals surface area contributed by atoms with E-state index < -0.39 is 0 Å². The van der Waals surface area contributed by atoms with E-state index in [0.717, 1.165) is 37.1 Å². The zero-order valence-electron chi connectivity index (χ0n) is 17.0. The summed E-state index contributed by atoms with van der Waals surface area (Å²) in [6, 6.07) is 7.37. The normalized spacial score (nSPS) is 10.5. The molecule has 0 atom stereocenters. The molecule has 0 unspecified atom stereocenters. The molecule has 0 saturated carbocycles. The van der Waals surface area contributed by atoms with Crippen molar-refractivity contribution in [2.24, 2.45) is 5.73 Å². The number of hydrogen-bond acceptors (Lipinski definition) is 4. The van der Waals surface area contributed by atoms with Crippen molar-refractivity contribution in [1.29, 1.82) is 0 Å². The largest absolute Gasteiger partial charge is 0.466 e. The highest BCUT2D eigenvalue weighted by molar-refractivity contribution is 5.91. The molecule has 6 heteroatoms. The minimum atomic E-state index is -0.390. The van der Waals surface area contributed by atoms with Gasteiger partial charge in [0.1, 0.15) is 0 Å². The predicted octanol–water partition coefficient (Wildman–Crippen LogP) is 5.09. The van der Waals surface area contributed by atoms with Gasteiger partial charge >= 0.3 is 5.97 Å². The fourth-order valence-corrected chi connectivity index (χ4v) is 2.80. The van der Waals surface area contributed by atoms with Gasteiger partial charge in [-0.15, -0.1) is 12.4 Å². The molecule has 1 rings (SSSR count). The van der Waals surface area contributed by atoms with Gasteiger partial charge in [0.25, 0.3) is 0 Å². The molecule has 0 fully saturated rings. The van der Waals surface area contributed by atoms with Crippen LogP contribution >= 0.6 is 12.4 Å². The van der Waals surface area contributed by atoms with Crippen LogP contribution in [0, 0.1) is 0 Å². The Balaban J connectivity index is 0.00000729. The van der Waals surface area contributed by atoms with Crippen molar-refractivity contribution in [3.8, 4) is 0 Å². The molecule has 0 aliphatic rings. The molecule has 0 bridgehead atoms. The molecule has 0 aliphatic carbocycles. The van der Waals surface area contributed by atoms with Crippen LogP contribution in [-0.4, -0.2) is 25.5 Å². The third-order valence-electron chi connectivity index (χ3n) is 4.42. The molecule has 0 radical (unpaired) electrons. The Morgan fingerprint density at radius 1 is 0.929 bits per heavy atom. The van der Waals surface area contributed by atoms with Crippen LogP contribution in [0.5, 0.6) is 0 Å². The molecule has 0 saturated heterocycles. The lowest BCUT2D eigenvalue weighted by Gasteiger charge is -2.06. The molecule has 158 valence electrons. The quantitative estimate of drug-likeness (QED) is 0.254. The summed E-state index contributed by atoms with van der Waals surface area (Å²) in [5.74, 6) is -0.339. The van der Waals surface area contributed by atoms with Crippen molar-refractivity contribution in [2.45, 2.75) is 64.2 Å². The van der Waals surface area contributed by atoms with Gasteiger partial charge < -0.3 is 15.8 Å². The van der Waals surface area contributed by atoms with Gasteiger partial charge in [-0.25, -0.2) is 4.79 Å². The van der Waals surface area contributed by atoms with Crippen molar-refractivity contribution in [3.63, 3.8) is 0 Å². The van der Waals surface area contributed by atoms with Crippen LogP contribution in [0.1, 0.15) is 69.8 Å². The van der Waals surface area contributed by atoms with E-state index in [0.29, 0.717) is 6.42 Å². The average Bonchev–Trinajstić information content (AvgIpc) is 2.68. The molecule has 1 amide bonds. The molecule has 0 aromatic heterocycles. The van der Waals surface area contributed by atoms with Gasteiger partial charge in [0.05, 0.1) is 7.11 Å². The Kier molecular flexibility index (Phi) is 16.1. The summed E-state index contributed by atoms with van der Waals surface area (Å²) in [7, 11) is 1.34. The van der Waals surface area contributed by atoms with Crippen LogP contribution in [-0.2, 0) is 14.3 Å². The van der Waals surface area contributed by atoms with E-state index in [1.54, 1.807) is 6.08 Å². The first-order valence-corrected chi connectivity index (χ1v) is 10.0. The van der Waals surface area contributed by atoms with E-state index in [1.165, 1.54) is 51.7 Å². The average molecular weight is 411 g/mol. The van der Waals surface area contributed by atoms with E-state index in [9.17, 15) is 9.59 Å². The lowest BCUT2D eigenvalue weighted by molar-refractivity contribution is -0.134. The number of nitrogens with two attached hydrogens (primary N) is 1. The second kappa shape index (κ2) is 17.3. The third kappa shape index (κ3) is 13.3. The van der Waals surface area contributed by atoms with Gasteiger partial charge in [-0.1, -0.05) is 57.1 Å². The zero-order chi connectivity index (χ0) is 19.7. The van der Waals surface area contributed by atoms with Crippen molar-refractivity contribution in [3.05, 3.63) is 35.9 Å². The number of hydrogen-bond donors (Lipinski definition) is 2. The maximum absolute atomic E-state index is 12.0. The van der Waals surface area contributed by atoms with Crippen LogP contribution in [0.25, 0.3) is 6.08 Å². The first-order chi connectivity index (χ1) is 13.2. The zero-order valence-corrected chi connectivity index (χ0v) is 17.8. The Morgan fingerprint density at radius 3 is 2.00 bits per heavy atom. The molecule has 28 heavy (non-hydrogen) atoms. The first kappa shape index (κ1) is 26.1. The van der Waals surface area contributed by atoms with E-state index in [4.69, 9.17) is 5.73 Å². The van der Waals surface area contributed by atoms with E-state index >= 15 is 0 Å². The Labute approximate surface area is 175 Å². The highest BCUT2D eigenvalue weighted by Gasteiger charge is 2.02. The summed E-state index contributed by atoms with van der Waals surface area (Å²) in [4.78, 5) is 23.1. The number of carbonyl (C=O) groups excluding carboxylic acids is 2. The summed E-state index contributed by atoms with van der Waals surface area (Å²) in [5, 5.41) is 2.91. The van der Waals surface area contributed by atoms with Crippen LogP contribution in [0.2, 0.25) is 0 Å². The number of esters is 1. The summed E-state index contributed by atoms with van der Waals surface area (Å²) >= 11 is 0. The number of benzene rings is 1. The predicted molar refractivity (Wildman–Crippen MR) is 119 cm³/mol. The molecular formula is C22H35ClN2O3. The van der Waals surface area contributed by atoms with Crippen LogP contribution in [0.15, 0.2) is 30.3 Å². The minimum absolute atomic E-state index is 0. The molecule has 5 nitrogen and oxygen atoms in total. The molecule has 1 aromatic rings. The number of halogens is 1. The highest BCUT2D eigenvalue weighted by atomic mass is 35.5. The molecule has 1 aromatic carbocycles. The lowest BCUT2D eigenvalue weighted by atomic mass is 10.1. The van der Waals surface area contributed by atoms with E-state index in [1.807, 2.05) is 24.3 Å². The standard InChI is InChI=1S/C22H34N2O3.ClH/c1-27-22(26)17-14-19-12-15-20(16-13-19)24-21(25)11-9-7-5-3-2-4-6-8-10-18-23;/h12-17H,2-11,18,23H2,1H3,(H,24,25);1H. The van der Waals surface area contributed by atoms with Gasteiger partial charge in [0.2, 0.25) is 5.91 Å². The molecule has 0 aliphatic heterocycles. The fraction of sp³-hybridized carbons (Fsp3) is 0.545. The Hall–Kier alpha value is -1.85. The fourth-order valence-electron chi connectivity index (χ4n) is 2.80. The van der Waals surface area contributed by atoms with Crippen molar-refractivity contribution >= 4 is 36.0 Å². The van der Waals surface area contributed by atoms with E-state index in [2.05, 4.69) is 10.1 Å². The van der Waals surface area contributed by atoms with Gasteiger partial charge in [0, 0.05) is 18.2 Å². The number of amides is 1. The number of anilines is 1. The van der Waals surface area contributed by atoms with Crippen molar-refractivity contribution in [2.75, 3.05) is 19.0 Å². The molecule has 0 heterocycles. The summed E-state index contributed by atoms with van der Waals surface area (Å²) in [6.45, 7) is 0.804. The number of methoxy groups -OCH3 is 1. The molecular weight excluding hydrogens is 376 g/mol. The van der Waals surface area contributed by atoms with Gasteiger partial charge in [-0.05, 0) is 43.2 Å². The highest BCUT2D eigenvalue weighted by Crippen LogP contribution is 2.13. The van der Waals surface area contributed by atoms with Crippen LogP contribution < -0.4 is 11.1 Å². The second-order valence-corrected chi connectivity index (χ2v) is 6.75. The van der Waals surface area contributed by atoms with Gasteiger partial charge in [-0.2, -0.15) is 0 Å². The number of nitrogens with one attached hydrogen (secondary N) is 1. The summed E-state index contributed by atoms with van der Waals surface area (Å²) < 4.78 is 4.55. The SMILES string of the molecule is COC(=O)C=Cc1ccc(NC(=O)CCCCCCCCCCCN)cc1.Cl. The minimum Gasteiger partial charge on any atom is -0.466 e.